The topological polar surface area (TPSA) is 102 Å². The van der Waals surface area contributed by atoms with Crippen LogP contribution in [0.1, 0.15) is 10.5 Å². The first-order valence-corrected chi connectivity index (χ1v) is 5.35. The van der Waals surface area contributed by atoms with Gasteiger partial charge in [-0.15, -0.1) is 0 Å². The van der Waals surface area contributed by atoms with Gasteiger partial charge in [-0.3, -0.25) is 4.79 Å². The minimum absolute atomic E-state index is 0.328. The Labute approximate surface area is 102 Å². The molecule has 6 heteroatoms. The molecule has 1 unspecified atom stereocenters. The average molecular weight is 248 g/mol. The fourth-order valence-electron chi connectivity index (χ4n) is 1.57. The van der Waals surface area contributed by atoms with Crippen LogP contribution in [-0.2, 0) is 4.79 Å². The Kier molecular flexibility index (Phi) is 3.29. The van der Waals surface area contributed by atoms with Crippen molar-refractivity contribution < 1.29 is 19.8 Å². The predicted molar refractivity (Wildman–Crippen MR) is 64.3 cm³/mol. The summed E-state index contributed by atoms with van der Waals surface area (Å²) in [4.78, 5) is 25.0. The highest BCUT2D eigenvalue weighted by molar-refractivity contribution is 5.98. The van der Waals surface area contributed by atoms with Crippen LogP contribution in [-0.4, -0.2) is 39.7 Å². The second kappa shape index (κ2) is 4.89. The summed E-state index contributed by atoms with van der Waals surface area (Å²) in [7, 11) is 0. The first-order valence-electron chi connectivity index (χ1n) is 5.35. The molecule has 0 spiro atoms. The number of fused-ring (bicyclic) bond motifs is 1. The number of aromatic amines is 1. The number of para-hydroxylation sites is 1. The summed E-state index contributed by atoms with van der Waals surface area (Å²) >= 11 is 0. The van der Waals surface area contributed by atoms with Crippen molar-refractivity contribution in [2.75, 3.05) is 6.54 Å². The highest BCUT2D eigenvalue weighted by Gasteiger charge is 2.15. The molecule has 4 N–H and O–H groups in total. The summed E-state index contributed by atoms with van der Waals surface area (Å²) in [5.74, 6) is -1.82. The van der Waals surface area contributed by atoms with Gasteiger partial charge in [-0.2, -0.15) is 0 Å². The van der Waals surface area contributed by atoms with Crippen LogP contribution in [0, 0.1) is 0 Å². The molecule has 0 fully saturated rings. The number of nitrogens with one attached hydrogen (secondary N) is 2. The molecule has 0 aliphatic rings. The van der Waals surface area contributed by atoms with E-state index >= 15 is 0 Å². The molecule has 1 amide bonds. The Morgan fingerprint density at radius 3 is 2.72 bits per heavy atom. The van der Waals surface area contributed by atoms with Gasteiger partial charge >= 0.3 is 5.97 Å². The summed E-state index contributed by atoms with van der Waals surface area (Å²) in [6.45, 7) is -0.330. The van der Waals surface area contributed by atoms with E-state index in [9.17, 15) is 9.59 Å². The average Bonchev–Trinajstić information content (AvgIpc) is 2.79. The SMILES string of the molecule is O=C(NCC(O)C(=O)O)c1cc2ccccc2[nH]1. The largest absolute Gasteiger partial charge is 0.479 e. The van der Waals surface area contributed by atoms with Crippen LogP contribution in [0.2, 0.25) is 0 Å². The number of carbonyl (C=O) groups is 2. The van der Waals surface area contributed by atoms with Crippen LogP contribution in [0.25, 0.3) is 10.9 Å². The lowest BCUT2D eigenvalue weighted by Crippen LogP contribution is -2.36. The number of hydrogen-bond donors (Lipinski definition) is 4. The van der Waals surface area contributed by atoms with Crippen LogP contribution in [0.3, 0.4) is 0 Å². The smallest absolute Gasteiger partial charge is 0.334 e. The number of aromatic nitrogens is 1. The first kappa shape index (κ1) is 12.1. The number of aliphatic hydroxyl groups is 1. The Bertz CT molecular complexity index is 558. The number of hydrogen-bond acceptors (Lipinski definition) is 3. The molecular weight excluding hydrogens is 236 g/mol. The molecule has 2 rings (SSSR count). The third kappa shape index (κ3) is 2.49. The minimum atomic E-state index is -1.60. The molecule has 0 radical (unpaired) electrons. The maximum atomic E-state index is 11.7. The number of rotatable bonds is 4. The summed E-state index contributed by atoms with van der Waals surface area (Å²) in [5, 5.41) is 20.7. The molecule has 1 atom stereocenters. The Hall–Kier alpha value is -2.34. The molecule has 94 valence electrons. The normalized spacial score (nSPS) is 12.3. The van der Waals surface area contributed by atoms with Gasteiger partial charge in [-0.25, -0.2) is 4.79 Å². The van der Waals surface area contributed by atoms with Gasteiger partial charge in [0.15, 0.2) is 6.10 Å². The van der Waals surface area contributed by atoms with Crippen LogP contribution in [0.15, 0.2) is 30.3 Å². The summed E-state index contributed by atoms with van der Waals surface area (Å²) in [6.07, 6.45) is -1.60. The maximum Gasteiger partial charge on any atom is 0.334 e. The van der Waals surface area contributed by atoms with Gasteiger partial charge in [0.25, 0.3) is 5.91 Å². The third-order valence-corrected chi connectivity index (χ3v) is 2.52. The van der Waals surface area contributed by atoms with Crippen LogP contribution < -0.4 is 5.32 Å². The van der Waals surface area contributed by atoms with Crippen molar-refractivity contribution in [3.63, 3.8) is 0 Å². The predicted octanol–water partition coefficient (Wildman–Crippen LogP) is 0.343. The minimum Gasteiger partial charge on any atom is -0.479 e. The zero-order valence-electron chi connectivity index (χ0n) is 9.38. The van der Waals surface area contributed by atoms with E-state index in [0.29, 0.717) is 5.69 Å². The zero-order chi connectivity index (χ0) is 13.1. The number of carbonyl (C=O) groups excluding carboxylic acids is 1. The van der Waals surface area contributed by atoms with E-state index in [2.05, 4.69) is 10.3 Å². The van der Waals surface area contributed by atoms with Crippen molar-refractivity contribution in [1.82, 2.24) is 10.3 Å². The van der Waals surface area contributed by atoms with Gasteiger partial charge in [-0.1, -0.05) is 18.2 Å². The summed E-state index contributed by atoms with van der Waals surface area (Å²) in [6, 6.07) is 9.05. The van der Waals surface area contributed by atoms with Gasteiger partial charge in [0.05, 0.1) is 6.54 Å². The quantitative estimate of drug-likeness (QED) is 0.626. The molecule has 1 heterocycles. The lowest BCUT2D eigenvalue weighted by Gasteiger charge is -2.06. The molecule has 0 saturated heterocycles. The van der Waals surface area contributed by atoms with E-state index < -0.39 is 18.0 Å². The molecule has 0 aliphatic heterocycles. The Morgan fingerprint density at radius 2 is 2.06 bits per heavy atom. The lowest BCUT2D eigenvalue weighted by atomic mass is 10.2. The van der Waals surface area contributed by atoms with Crippen molar-refractivity contribution in [1.29, 1.82) is 0 Å². The highest BCUT2D eigenvalue weighted by atomic mass is 16.4. The fraction of sp³-hybridized carbons (Fsp3) is 0.167. The molecule has 18 heavy (non-hydrogen) atoms. The van der Waals surface area contributed by atoms with Crippen molar-refractivity contribution in [3.05, 3.63) is 36.0 Å². The van der Waals surface area contributed by atoms with Crippen LogP contribution in [0.5, 0.6) is 0 Å². The van der Waals surface area contributed by atoms with Gasteiger partial charge in [0, 0.05) is 10.9 Å². The molecule has 2 aromatic rings. The summed E-state index contributed by atoms with van der Waals surface area (Å²) in [5.41, 5.74) is 1.15. The van der Waals surface area contributed by atoms with Gasteiger partial charge in [-0.05, 0) is 12.1 Å². The van der Waals surface area contributed by atoms with E-state index in [0.717, 1.165) is 10.9 Å². The number of aliphatic carboxylic acids is 1. The standard InChI is InChI=1S/C12H12N2O4/c15-10(12(17)18)6-13-11(16)9-5-7-3-1-2-4-8(7)14-9/h1-5,10,14-15H,6H2,(H,13,16)(H,17,18). The molecule has 0 aliphatic carbocycles. The highest BCUT2D eigenvalue weighted by Crippen LogP contribution is 2.14. The first-order chi connectivity index (χ1) is 8.58. The summed E-state index contributed by atoms with van der Waals surface area (Å²) < 4.78 is 0. The monoisotopic (exact) mass is 248 g/mol. The molecule has 0 bridgehead atoms. The van der Waals surface area contributed by atoms with E-state index in [1.54, 1.807) is 6.07 Å². The lowest BCUT2D eigenvalue weighted by molar-refractivity contribution is -0.146. The number of carboxylic acid groups (broad SMARTS) is 1. The van der Waals surface area contributed by atoms with Crippen molar-refractivity contribution >= 4 is 22.8 Å². The van der Waals surface area contributed by atoms with Crippen molar-refractivity contribution in [2.24, 2.45) is 0 Å². The van der Waals surface area contributed by atoms with Gasteiger partial charge < -0.3 is 20.5 Å². The second-order valence-electron chi connectivity index (χ2n) is 3.83. The van der Waals surface area contributed by atoms with Gasteiger partial charge in [0.1, 0.15) is 5.69 Å². The van der Waals surface area contributed by atoms with Crippen molar-refractivity contribution in [2.45, 2.75) is 6.10 Å². The zero-order valence-corrected chi connectivity index (χ0v) is 9.38. The second-order valence-corrected chi connectivity index (χ2v) is 3.83. The molecule has 6 nitrogen and oxygen atoms in total. The number of benzene rings is 1. The van der Waals surface area contributed by atoms with E-state index in [1.807, 2.05) is 24.3 Å². The molecule has 1 aromatic heterocycles. The number of H-pyrrole nitrogens is 1. The van der Waals surface area contributed by atoms with Crippen LogP contribution in [0.4, 0.5) is 0 Å². The van der Waals surface area contributed by atoms with E-state index in [4.69, 9.17) is 10.2 Å². The fourth-order valence-corrected chi connectivity index (χ4v) is 1.57. The van der Waals surface area contributed by atoms with E-state index in [1.165, 1.54) is 0 Å². The van der Waals surface area contributed by atoms with Gasteiger partial charge in [0.2, 0.25) is 0 Å². The van der Waals surface area contributed by atoms with Crippen molar-refractivity contribution in [3.8, 4) is 0 Å². The Balaban J connectivity index is 2.07. The molecule has 1 aromatic carbocycles. The Morgan fingerprint density at radius 1 is 1.33 bits per heavy atom. The number of carboxylic acids is 1. The number of aliphatic hydroxyl groups excluding tert-OH is 1. The van der Waals surface area contributed by atoms with Crippen LogP contribution >= 0.6 is 0 Å². The van der Waals surface area contributed by atoms with E-state index in [-0.39, 0.29) is 6.54 Å². The molecular formula is C12H12N2O4. The molecule has 0 saturated carbocycles. The maximum absolute atomic E-state index is 11.7. The third-order valence-electron chi connectivity index (χ3n) is 2.52. The number of amides is 1.